The minimum absolute atomic E-state index is 0.185. The molecule has 0 unspecified atom stereocenters. The van der Waals surface area contributed by atoms with E-state index in [1.807, 2.05) is 49.2 Å². The molecule has 0 bridgehead atoms. The fourth-order valence-corrected chi connectivity index (χ4v) is 3.60. The lowest BCUT2D eigenvalue weighted by Crippen LogP contribution is -2.49. The number of carbonyl (C=O) groups is 1. The van der Waals surface area contributed by atoms with Crippen molar-refractivity contribution in [2.75, 3.05) is 31.1 Å². The minimum Gasteiger partial charge on any atom is -0.361 e. The van der Waals surface area contributed by atoms with Crippen LogP contribution in [0.3, 0.4) is 0 Å². The van der Waals surface area contributed by atoms with Gasteiger partial charge in [0.1, 0.15) is 11.6 Å². The van der Waals surface area contributed by atoms with Crippen LogP contribution in [0.25, 0.3) is 10.9 Å². The van der Waals surface area contributed by atoms with Crippen LogP contribution in [0.15, 0.2) is 36.5 Å². The molecule has 4 rings (SSSR count). The highest BCUT2D eigenvalue weighted by atomic mass is 16.2. The van der Waals surface area contributed by atoms with Crippen molar-refractivity contribution in [1.82, 2.24) is 19.9 Å². The normalized spacial score (nSPS) is 14.8. The molecule has 1 aromatic carbocycles. The van der Waals surface area contributed by atoms with Gasteiger partial charge in [0.25, 0.3) is 0 Å². The molecule has 2 aromatic heterocycles. The zero-order valence-electron chi connectivity index (χ0n) is 15.2. The van der Waals surface area contributed by atoms with Gasteiger partial charge in [-0.05, 0) is 25.5 Å². The zero-order valence-corrected chi connectivity index (χ0v) is 15.2. The predicted molar refractivity (Wildman–Crippen MR) is 102 cm³/mol. The number of fused-ring (bicyclic) bond motifs is 1. The fourth-order valence-electron chi connectivity index (χ4n) is 3.60. The third-order valence-corrected chi connectivity index (χ3v) is 4.93. The Morgan fingerprint density at radius 1 is 1.12 bits per heavy atom. The summed E-state index contributed by atoms with van der Waals surface area (Å²) in [4.78, 5) is 29.0. The van der Waals surface area contributed by atoms with E-state index in [0.717, 1.165) is 60.0 Å². The van der Waals surface area contributed by atoms with Crippen LogP contribution in [0, 0.1) is 13.8 Å². The first-order chi connectivity index (χ1) is 12.6. The van der Waals surface area contributed by atoms with E-state index in [1.54, 1.807) is 0 Å². The Balaban J connectivity index is 1.40. The summed E-state index contributed by atoms with van der Waals surface area (Å²) in [5.74, 6) is 1.93. The summed E-state index contributed by atoms with van der Waals surface area (Å²) < 4.78 is 0. The number of rotatable bonds is 3. The Kier molecular flexibility index (Phi) is 4.32. The smallest absolute Gasteiger partial charge is 0.227 e. The Hall–Kier alpha value is -2.89. The van der Waals surface area contributed by atoms with Gasteiger partial charge in [-0.15, -0.1) is 0 Å². The molecule has 26 heavy (non-hydrogen) atoms. The van der Waals surface area contributed by atoms with Crippen molar-refractivity contribution >= 4 is 22.6 Å². The lowest BCUT2D eigenvalue weighted by molar-refractivity contribution is -0.130. The highest BCUT2D eigenvalue weighted by Crippen LogP contribution is 2.20. The van der Waals surface area contributed by atoms with Crippen molar-refractivity contribution < 1.29 is 4.79 Å². The lowest BCUT2D eigenvalue weighted by atomic mass is 10.1. The first kappa shape index (κ1) is 16.6. The lowest BCUT2D eigenvalue weighted by Gasteiger charge is -2.35. The summed E-state index contributed by atoms with van der Waals surface area (Å²) in [7, 11) is 0. The molecular formula is C20H23N5O. The second kappa shape index (κ2) is 6.78. The van der Waals surface area contributed by atoms with E-state index in [4.69, 9.17) is 0 Å². The van der Waals surface area contributed by atoms with Crippen LogP contribution in [0.2, 0.25) is 0 Å². The van der Waals surface area contributed by atoms with Crippen LogP contribution in [0.1, 0.15) is 17.1 Å². The molecule has 6 heteroatoms. The molecule has 3 aromatic rings. The van der Waals surface area contributed by atoms with Gasteiger partial charge in [-0.1, -0.05) is 18.2 Å². The topological polar surface area (TPSA) is 65.1 Å². The average molecular weight is 349 g/mol. The third-order valence-electron chi connectivity index (χ3n) is 4.93. The molecule has 0 spiro atoms. The van der Waals surface area contributed by atoms with E-state index in [2.05, 4.69) is 25.9 Å². The van der Waals surface area contributed by atoms with E-state index < -0.39 is 0 Å². The number of benzene rings is 1. The average Bonchev–Trinajstić information content (AvgIpc) is 3.04. The zero-order chi connectivity index (χ0) is 18.1. The Labute approximate surface area is 152 Å². The van der Waals surface area contributed by atoms with Crippen molar-refractivity contribution in [2.45, 2.75) is 20.3 Å². The number of aromatic amines is 1. The van der Waals surface area contributed by atoms with Gasteiger partial charge in [0.05, 0.1) is 6.42 Å². The molecule has 3 heterocycles. The van der Waals surface area contributed by atoms with Gasteiger partial charge in [0.2, 0.25) is 5.91 Å². The number of hydrogen-bond acceptors (Lipinski definition) is 4. The van der Waals surface area contributed by atoms with Crippen LogP contribution >= 0.6 is 0 Å². The van der Waals surface area contributed by atoms with Crippen molar-refractivity contribution in [3.63, 3.8) is 0 Å². The molecule has 1 saturated heterocycles. The summed E-state index contributed by atoms with van der Waals surface area (Å²) in [5.41, 5.74) is 3.12. The molecular weight excluding hydrogens is 326 g/mol. The van der Waals surface area contributed by atoms with E-state index in [0.29, 0.717) is 6.42 Å². The minimum atomic E-state index is 0.185. The highest BCUT2D eigenvalue weighted by Gasteiger charge is 2.23. The summed E-state index contributed by atoms with van der Waals surface area (Å²) in [6, 6.07) is 10.1. The third kappa shape index (κ3) is 3.27. The molecule has 1 fully saturated rings. The van der Waals surface area contributed by atoms with E-state index in [1.165, 1.54) is 0 Å². The molecule has 0 saturated carbocycles. The number of hydrogen-bond donors (Lipinski definition) is 1. The first-order valence-corrected chi connectivity index (χ1v) is 9.00. The van der Waals surface area contributed by atoms with Crippen molar-refractivity contribution in [3.8, 4) is 0 Å². The van der Waals surface area contributed by atoms with Gasteiger partial charge in [0.15, 0.2) is 0 Å². The van der Waals surface area contributed by atoms with Crippen LogP contribution in [0.4, 0.5) is 5.82 Å². The van der Waals surface area contributed by atoms with Gasteiger partial charge in [-0.3, -0.25) is 4.79 Å². The Bertz CT molecular complexity index is 920. The van der Waals surface area contributed by atoms with E-state index >= 15 is 0 Å². The molecule has 1 N–H and O–H groups in total. The second-order valence-corrected chi connectivity index (χ2v) is 6.82. The Morgan fingerprint density at radius 3 is 2.65 bits per heavy atom. The number of H-pyrrole nitrogens is 1. The largest absolute Gasteiger partial charge is 0.361 e. The molecule has 0 atom stereocenters. The molecule has 1 aliphatic rings. The van der Waals surface area contributed by atoms with Crippen LogP contribution in [-0.4, -0.2) is 51.9 Å². The van der Waals surface area contributed by atoms with Gasteiger partial charge >= 0.3 is 0 Å². The summed E-state index contributed by atoms with van der Waals surface area (Å²) >= 11 is 0. The number of aromatic nitrogens is 3. The number of piperazine rings is 1. The maximum Gasteiger partial charge on any atom is 0.227 e. The van der Waals surface area contributed by atoms with Crippen molar-refractivity contribution in [2.24, 2.45) is 0 Å². The highest BCUT2D eigenvalue weighted by molar-refractivity contribution is 5.89. The number of nitrogens with zero attached hydrogens (tertiary/aromatic N) is 4. The van der Waals surface area contributed by atoms with E-state index in [9.17, 15) is 4.79 Å². The maximum absolute atomic E-state index is 12.7. The maximum atomic E-state index is 12.7. The number of carbonyl (C=O) groups excluding carboxylic acids is 1. The van der Waals surface area contributed by atoms with Gasteiger partial charge in [-0.2, -0.15) is 0 Å². The van der Waals surface area contributed by atoms with Gasteiger partial charge in [0, 0.05) is 55.0 Å². The number of nitrogens with one attached hydrogen (secondary N) is 1. The molecule has 0 aliphatic carbocycles. The Morgan fingerprint density at radius 2 is 1.88 bits per heavy atom. The van der Waals surface area contributed by atoms with Crippen LogP contribution < -0.4 is 4.90 Å². The summed E-state index contributed by atoms with van der Waals surface area (Å²) in [6.45, 7) is 6.95. The number of anilines is 1. The molecule has 0 radical (unpaired) electrons. The first-order valence-electron chi connectivity index (χ1n) is 9.00. The molecule has 1 amide bonds. The monoisotopic (exact) mass is 349 g/mol. The van der Waals surface area contributed by atoms with Crippen LogP contribution in [-0.2, 0) is 11.2 Å². The quantitative estimate of drug-likeness (QED) is 0.789. The van der Waals surface area contributed by atoms with Crippen molar-refractivity contribution in [1.29, 1.82) is 0 Å². The summed E-state index contributed by atoms with van der Waals surface area (Å²) in [5, 5.41) is 1.13. The number of para-hydroxylation sites is 1. The van der Waals surface area contributed by atoms with E-state index in [-0.39, 0.29) is 5.91 Å². The second-order valence-electron chi connectivity index (χ2n) is 6.82. The van der Waals surface area contributed by atoms with Crippen molar-refractivity contribution in [3.05, 3.63) is 53.6 Å². The SMILES string of the molecule is Cc1cc(N2CCN(C(=O)Cc3c[nH]c4ccccc34)CC2)nc(C)n1. The predicted octanol–water partition coefficient (Wildman–Crippen LogP) is 2.47. The molecule has 134 valence electrons. The number of amides is 1. The number of aryl methyl sites for hydroxylation is 2. The standard InChI is InChI=1S/C20H23N5O/c1-14-11-19(23-15(2)22-14)24-7-9-25(10-8-24)20(26)12-16-13-21-18-6-4-3-5-17(16)18/h3-6,11,13,21H,7-10,12H2,1-2H3. The summed E-state index contributed by atoms with van der Waals surface area (Å²) in [6.07, 6.45) is 2.39. The van der Waals surface area contributed by atoms with Gasteiger partial charge in [-0.25, -0.2) is 9.97 Å². The fraction of sp³-hybridized carbons (Fsp3) is 0.350. The van der Waals surface area contributed by atoms with Gasteiger partial charge < -0.3 is 14.8 Å². The van der Waals surface area contributed by atoms with Crippen LogP contribution in [0.5, 0.6) is 0 Å². The molecule has 1 aliphatic heterocycles. The molecule has 6 nitrogen and oxygen atoms in total.